The maximum Gasteiger partial charge on any atom is 0.311 e. The van der Waals surface area contributed by atoms with Crippen LogP contribution in [0.1, 0.15) is 25.7 Å². The summed E-state index contributed by atoms with van der Waals surface area (Å²) in [5.74, 6) is 0.555. The topological polar surface area (TPSA) is 43.4 Å². The fraction of sp³-hybridized carbons (Fsp3) is 0.500. The van der Waals surface area contributed by atoms with Gasteiger partial charge in [0.1, 0.15) is 12.0 Å². The molecule has 0 saturated carbocycles. The van der Waals surface area contributed by atoms with Crippen molar-refractivity contribution in [2.45, 2.75) is 25.7 Å². The molecule has 0 amide bonds. The zero-order chi connectivity index (χ0) is 8.10. The van der Waals surface area contributed by atoms with Crippen LogP contribution in [-0.4, -0.2) is 12.3 Å². The molecule has 1 rings (SSSR count). The van der Waals surface area contributed by atoms with E-state index in [4.69, 9.17) is 4.74 Å². The summed E-state index contributed by atoms with van der Waals surface area (Å²) in [6, 6.07) is 0. The summed E-state index contributed by atoms with van der Waals surface area (Å²) in [5.41, 5.74) is 0. The predicted octanol–water partition coefficient (Wildman–Crippen LogP) is 1.19. The van der Waals surface area contributed by atoms with Crippen molar-refractivity contribution in [3.05, 3.63) is 11.8 Å². The number of cyclic esters (lactones) is 1. The van der Waals surface area contributed by atoms with E-state index in [0.29, 0.717) is 25.7 Å². The molecule has 3 nitrogen and oxygen atoms in total. The van der Waals surface area contributed by atoms with Crippen molar-refractivity contribution in [3.8, 4) is 0 Å². The van der Waals surface area contributed by atoms with Crippen LogP contribution in [0.3, 0.4) is 0 Å². The summed E-state index contributed by atoms with van der Waals surface area (Å²) < 4.78 is 4.81. The van der Waals surface area contributed by atoms with E-state index in [1.807, 2.05) is 0 Å². The van der Waals surface area contributed by atoms with E-state index in [1.54, 1.807) is 6.08 Å². The second kappa shape index (κ2) is 3.91. The predicted molar refractivity (Wildman–Crippen MR) is 38.7 cm³/mol. The van der Waals surface area contributed by atoms with Gasteiger partial charge in [-0.2, -0.15) is 0 Å². The summed E-state index contributed by atoms with van der Waals surface area (Å²) in [5, 5.41) is 0. The van der Waals surface area contributed by atoms with Gasteiger partial charge in [-0.3, -0.25) is 4.79 Å². The number of ether oxygens (including phenoxy) is 1. The largest absolute Gasteiger partial charge is 0.431 e. The Labute approximate surface area is 65.0 Å². The Bertz CT molecular complexity index is 194. The molecule has 0 aromatic heterocycles. The van der Waals surface area contributed by atoms with Gasteiger partial charge >= 0.3 is 5.97 Å². The lowest BCUT2D eigenvalue weighted by Gasteiger charge is -1.92. The second-order valence-electron chi connectivity index (χ2n) is 2.39. The van der Waals surface area contributed by atoms with Crippen molar-refractivity contribution in [1.82, 2.24) is 0 Å². The molecule has 0 aromatic rings. The maximum absolute atomic E-state index is 10.6. The molecule has 1 saturated heterocycles. The average Bonchev–Trinajstić information content (AvgIpc) is 2.37. The molecule has 1 aliphatic heterocycles. The highest BCUT2D eigenvalue weighted by molar-refractivity contribution is 5.73. The number of allylic oxidation sites excluding steroid dienone is 2. The van der Waals surface area contributed by atoms with Crippen molar-refractivity contribution in [2.75, 3.05) is 0 Å². The number of hydrogen-bond donors (Lipinski definition) is 0. The SMILES string of the molecule is O=CCC/C=C1/CCC(=O)O1. The van der Waals surface area contributed by atoms with Crippen molar-refractivity contribution in [3.63, 3.8) is 0 Å². The summed E-state index contributed by atoms with van der Waals surface area (Å²) in [6.45, 7) is 0. The van der Waals surface area contributed by atoms with Crippen LogP contribution in [0.4, 0.5) is 0 Å². The molecule has 11 heavy (non-hydrogen) atoms. The normalized spacial score (nSPS) is 20.4. The van der Waals surface area contributed by atoms with Crippen molar-refractivity contribution in [1.29, 1.82) is 0 Å². The van der Waals surface area contributed by atoms with E-state index in [2.05, 4.69) is 0 Å². The van der Waals surface area contributed by atoms with Gasteiger partial charge in [0.2, 0.25) is 0 Å². The Balaban J connectivity index is 2.30. The van der Waals surface area contributed by atoms with E-state index in [0.717, 1.165) is 12.0 Å². The fourth-order valence-corrected chi connectivity index (χ4v) is 0.930. The highest BCUT2D eigenvalue weighted by atomic mass is 16.5. The van der Waals surface area contributed by atoms with Crippen LogP contribution in [0.25, 0.3) is 0 Å². The quantitative estimate of drug-likeness (QED) is 0.348. The van der Waals surface area contributed by atoms with Crippen molar-refractivity contribution < 1.29 is 14.3 Å². The zero-order valence-electron chi connectivity index (χ0n) is 6.21. The van der Waals surface area contributed by atoms with Gasteiger partial charge in [-0.1, -0.05) is 0 Å². The lowest BCUT2D eigenvalue weighted by Crippen LogP contribution is -1.89. The standard InChI is InChI=1S/C8H10O3/c9-6-2-1-3-7-4-5-8(10)11-7/h3,6H,1-2,4-5H2/b7-3-. The molecule has 0 atom stereocenters. The first-order valence-corrected chi connectivity index (χ1v) is 3.66. The Morgan fingerprint density at radius 2 is 2.18 bits per heavy atom. The van der Waals surface area contributed by atoms with Gasteiger partial charge in [-0.05, 0) is 12.5 Å². The number of carbonyl (C=O) groups excluding carboxylic acids is 2. The first-order valence-electron chi connectivity index (χ1n) is 3.66. The maximum atomic E-state index is 10.6. The minimum atomic E-state index is -0.164. The second-order valence-corrected chi connectivity index (χ2v) is 2.39. The van der Waals surface area contributed by atoms with Crippen LogP contribution in [0.2, 0.25) is 0 Å². The first kappa shape index (κ1) is 7.98. The monoisotopic (exact) mass is 154 g/mol. The van der Waals surface area contributed by atoms with Gasteiger partial charge < -0.3 is 9.53 Å². The number of unbranched alkanes of at least 4 members (excludes halogenated alkanes) is 1. The lowest BCUT2D eigenvalue weighted by molar-refractivity contribution is -0.135. The molecule has 0 aliphatic carbocycles. The van der Waals surface area contributed by atoms with Crippen molar-refractivity contribution >= 4 is 12.3 Å². The van der Waals surface area contributed by atoms with Crippen LogP contribution < -0.4 is 0 Å². The summed E-state index contributed by atoms with van der Waals surface area (Å²) in [6.07, 6.45) is 5.00. The smallest absolute Gasteiger partial charge is 0.311 e. The molecule has 0 unspecified atom stereocenters. The van der Waals surface area contributed by atoms with Crippen LogP contribution in [0.5, 0.6) is 0 Å². The first-order chi connectivity index (χ1) is 5.33. The highest BCUT2D eigenvalue weighted by Gasteiger charge is 2.15. The zero-order valence-corrected chi connectivity index (χ0v) is 6.21. The molecule has 1 heterocycles. The molecule has 0 spiro atoms. The molecule has 0 radical (unpaired) electrons. The van der Waals surface area contributed by atoms with E-state index >= 15 is 0 Å². The molecule has 0 N–H and O–H groups in total. The highest BCUT2D eigenvalue weighted by Crippen LogP contribution is 2.17. The third-order valence-corrected chi connectivity index (χ3v) is 1.48. The van der Waals surface area contributed by atoms with Gasteiger partial charge in [0.05, 0.1) is 6.42 Å². The van der Waals surface area contributed by atoms with E-state index in [-0.39, 0.29) is 5.97 Å². The fourth-order valence-electron chi connectivity index (χ4n) is 0.930. The summed E-state index contributed by atoms with van der Waals surface area (Å²) >= 11 is 0. The number of hydrogen-bond acceptors (Lipinski definition) is 3. The van der Waals surface area contributed by atoms with E-state index in [9.17, 15) is 9.59 Å². The minimum Gasteiger partial charge on any atom is -0.431 e. The Kier molecular flexibility index (Phi) is 2.83. The molecule has 3 heteroatoms. The average molecular weight is 154 g/mol. The van der Waals surface area contributed by atoms with E-state index in [1.165, 1.54) is 0 Å². The number of esters is 1. The third-order valence-electron chi connectivity index (χ3n) is 1.48. The van der Waals surface area contributed by atoms with E-state index < -0.39 is 0 Å². The van der Waals surface area contributed by atoms with Crippen LogP contribution >= 0.6 is 0 Å². The number of carbonyl (C=O) groups is 2. The van der Waals surface area contributed by atoms with Gasteiger partial charge in [0, 0.05) is 12.8 Å². The molecule has 0 bridgehead atoms. The van der Waals surface area contributed by atoms with Gasteiger partial charge in [-0.15, -0.1) is 0 Å². The molecular formula is C8H10O3. The summed E-state index contributed by atoms with van der Waals surface area (Å²) in [4.78, 5) is 20.5. The molecule has 60 valence electrons. The molecular weight excluding hydrogens is 144 g/mol. The van der Waals surface area contributed by atoms with Gasteiger partial charge in [0.15, 0.2) is 0 Å². The molecule has 1 fully saturated rings. The Morgan fingerprint density at radius 3 is 2.73 bits per heavy atom. The lowest BCUT2D eigenvalue weighted by atomic mass is 10.2. The van der Waals surface area contributed by atoms with Crippen LogP contribution in [-0.2, 0) is 14.3 Å². The minimum absolute atomic E-state index is 0.164. The van der Waals surface area contributed by atoms with Gasteiger partial charge in [0.25, 0.3) is 0 Å². The summed E-state index contributed by atoms with van der Waals surface area (Å²) in [7, 11) is 0. The molecule has 1 aliphatic rings. The molecule has 0 aromatic carbocycles. The van der Waals surface area contributed by atoms with Crippen LogP contribution in [0, 0.1) is 0 Å². The Morgan fingerprint density at radius 1 is 1.36 bits per heavy atom. The number of rotatable bonds is 3. The third kappa shape index (κ3) is 2.53. The number of aldehydes is 1. The van der Waals surface area contributed by atoms with Gasteiger partial charge in [-0.25, -0.2) is 0 Å². The van der Waals surface area contributed by atoms with Crippen molar-refractivity contribution in [2.24, 2.45) is 0 Å². The Hall–Kier alpha value is -1.12. The van der Waals surface area contributed by atoms with Crippen LogP contribution in [0.15, 0.2) is 11.8 Å².